The van der Waals surface area contributed by atoms with E-state index >= 15 is 0 Å². The van der Waals surface area contributed by atoms with Crippen molar-refractivity contribution >= 4 is 40.3 Å². The third kappa shape index (κ3) is 9.07. The minimum Gasteiger partial charge on any atom is -0.508 e. The van der Waals surface area contributed by atoms with E-state index in [1.165, 1.54) is 31.7 Å². The number of morpholine rings is 1. The second-order valence-electron chi connectivity index (χ2n) is 11.5. The Bertz CT molecular complexity index is 1750. The molecule has 4 aromatic rings. The van der Waals surface area contributed by atoms with Crippen molar-refractivity contribution in [3.63, 3.8) is 0 Å². The number of nitrogens with one attached hydrogen (secondary N) is 1. The van der Waals surface area contributed by atoms with Crippen molar-refractivity contribution in [2.45, 2.75) is 73.6 Å². The second kappa shape index (κ2) is 16.9. The number of anilines is 3. The number of aromatic hydroxyl groups is 1. The number of phenols is 1. The Kier molecular flexibility index (Phi) is 12.7. The van der Waals surface area contributed by atoms with E-state index in [2.05, 4.69) is 15.3 Å². The van der Waals surface area contributed by atoms with Gasteiger partial charge >= 0.3 is 0 Å². The summed E-state index contributed by atoms with van der Waals surface area (Å²) in [6, 6.07) is 12.1. The Morgan fingerprint density at radius 1 is 1.02 bits per heavy atom. The fourth-order valence-electron chi connectivity index (χ4n) is 5.94. The van der Waals surface area contributed by atoms with Crippen LogP contribution in [0.1, 0.15) is 78.0 Å². The summed E-state index contributed by atoms with van der Waals surface area (Å²) in [4.78, 5) is 36.3. The summed E-state index contributed by atoms with van der Waals surface area (Å²) in [5.74, 6) is 1.63. The maximum Gasteiger partial charge on any atom is 0.227 e. The standard InChI is InChI=1S/C34H36N4O5.2C2H6/c1-21-27(14-25(22(2)39)13-23-5-3-4-6-23)20-35-34(36-21)37-28-15-26(16-29(40)18-28)24-7-8-30-31(41)19-33(43-32(30)17-24)38-9-11-42-12-10-38;2*1-2/h7-8,14-20,23,40H,3-6,9-13H2,1-2H3,(H,35,36,37);2*1-2H3/b25-14+;;. The first kappa shape index (κ1) is 35.4. The fraction of sp³-hybridized carbons (Fsp3) is 0.421. The van der Waals surface area contributed by atoms with Crippen LogP contribution in [-0.2, 0) is 9.53 Å². The second-order valence-corrected chi connectivity index (χ2v) is 11.5. The van der Waals surface area contributed by atoms with Crippen LogP contribution >= 0.6 is 0 Å². The number of fused-ring (bicyclic) bond motifs is 1. The SMILES string of the molecule is CC.CC.CC(=O)/C(=C/c1cnc(Nc2cc(O)cc(-c3ccc4c(=O)cc(N5CCOCC5)oc4c3)c2)nc1C)CC1CCCC1. The van der Waals surface area contributed by atoms with E-state index in [0.29, 0.717) is 60.7 Å². The molecule has 2 fully saturated rings. The molecule has 1 aliphatic heterocycles. The molecule has 0 spiro atoms. The third-order valence-electron chi connectivity index (χ3n) is 8.33. The van der Waals surface area contributed by atoms with E-state index < -0.39 is 0 Å². The Labute approximate surface area is 277 Å². The number of Topliss-reactive ketones (excluding diaryl/α,β-unsaturated/α-hetero) is 1. The van der Waals surface area contributed by atoms with E-state index in [1.54, 1.807) is 31.3 Å². The summed E-state index contributed by atoms with van der Waals surface area (Å²) in [6.07, 6.45) is 9.28. The van der Waals surface area contributed by atoms with Crippen LogP contribution in [0.2, 0.25) is 0 Å². The van der Waals surface area contributed by atoms with Gasteiger partial charge in [-0.05, 0) is 73.2 Å². The van der Waals surface area contributed by atoms with Crippen LogP contribution in [-0.4, -0.2) is 47.2 Å². The zero-order valence-electron chi connectivity index (χ0n) is 28.6. The first-order valence-corrected chi connectivity index (χ1v) is 16.9. The number of phenolic OH excluding ortho intramolecular Hbond substituents is 1. The Balaban J connectivity index is 0.00000120. The highest BCUT2D eigenvalue weighted by molar-refractivity contribution is 5.97. The number of benzene rings is 2. The Hall–Kier alpha value is -4.50. The molecule has 0 amide bonds. The average molecular weight is 641 g/mol. The number of aryl methyl sites for hydroxylation is 1. The quantitative estimate of drug-likeness (QED) is 0.183. The van der Waals surface area contributed by atoms with Crippen molar-refractivity contribution in [1.29, 1.82) is 0 Å². The smallest absolute Gasteiger partial charge is 0.227 e. The lowest BCUT2D eigenvalue weighted by molar-refractivity contribution is -0.113. The summed E-state index contributed by atoms with van der Waals surface area (Å²) in [5, 5.41) is 14.2. The molecule has 1 saturated heterocycles. The Morgan fingerprint density at radius 3 is 2.43 bits per heavy atom. The van der Waals surface area contributed by atoms with Crippen molar-refractivity contribution in [3.05, 3.63) is 75.7 Å². The van der Waals surface area contributed by atoms with Crippen LogP contribution in [0.3, 0.4) is 0 Å². The van der Waals surface area contributed by atoms with Crippen molar-refractivity contribution in [3.8, 4) is 16.9 Å². The highest BCUT2D eigenvalue weighted by Crippen LogP contribution is 2.33. The van der Waals surface area contributed by atoms with E-state index in [4.69, 9.17) is 9.15 Å². The molecule has 2 aliphatic rings. The minimum atomic E-state index is -0.104. The topological polar surface area (TPSA) is 118 Å². The molecule has 47 heavy (non-hydrogen) atoms. The molecule has 6 rings (SSSR count). The van der Waals surface area contributed by atoms with Crippen LogP contribution in [0.5, 0.6) is 5.75 Å². The van der Waals surface area contributed by atoms with Crippen LogP contribution in [0.25, 0.3) is 28.2 Å². The lowest BCUT2D eigenvalue weighted by atomic mass is 9.94. The molecule has 1 saturated carbocycles. The zero-order chi connectivity index (χ0) is 33.9. The number of hydrogen-bond acceptors (Lipinski definition) is 9. The molecule has 0 bridgehead atoms. The van der Waals surface area contributed by atoms with E-state index in [9.17, 15) is 14.7 Å². The molecule has 2 N–H and O–H groups in total. The summed E-state index contributed by atoms with van der Waals surface area (Å²) in [6.45, 7) is 14.0. The van der Waals surface area contributed by atoms with Crippen molar-refractivity contribution < 1.29 is 19.1 Å². The lowest BCUT2D eigenvalue weighted by Crippen LogP contribution is -2.36. The van der Waals surface area contributed by atoms with Gasteiger partial charge in [-0.15, -0.1) is 0 Å². The molecule has 3 heterocycles. The number of rotatable bonds is 8. The molecule has 0 unspecified atom stereocenters. The summed E-state index contributed by atoms with van der Waals surface area (Å²) < 4.78 is 11.6. The molecule has 250 valence electrons. The maximum atomic E-state index is 12.8. The first-order chi connectivity index (χ1) is 22.8. The fourth-order valence-corrected chi connectivity index (χ4v) is 5.94. The molecular formula is C38H48N4O5. The number of carbonyl (C=O) groups excluding carboxylic acids is 1. The van der Waals surface area contributed by atoms with Gasteiger partial charge in [-0.3, -0.25) is 9.59 Å². The first-order valence-electron chi connectivity index (χ1n) is 16.9. The molecule has 2 aromatic carbocycles. The summed E-state index contributed by atoms with van der Waals surface area (Å²) in [7, 11) is 0. The maximum absolute atomic E-state index is 12.8. The number of ether oxygens (including phenoxy) is 1. The zero-order valence-corrected chi connectivity index (χ0v) is 28.6. The summed E-state index contributed by atoms with van der Waals surface area (Å²) in [5.41, 5.74) is 4.89. The highest BCUT2D eigenvalue weighted by atomic mass is 16.5. The largest absolute Gasteiger partial charge is 0.508 e. The molecule has 0 atom stereocenters. The van der Waals surface area contributed by atoms with Crippen LogP contribution < -0.4 is 15.6 Å². The third-order valence-corrected chi connectivity index (χ3v) is 8.33. The lowest BCUT2D eigenvalue weighted by Gasteiger charge is -2.27. The molecule has 9 heteroatoms. The van der Waals surface area contributed by atoms with E-state index in [-0.39, 0.29) is 17.0 Å². The number of nitrogens with zero attached hydrogens (tertiary/aromatic N) is 3. The predicted molar refractivity (Wildman–Crippen MR) is 191 cm³/mol. The highest BCUT2D eigenvalue weighted by Gasteiger charge is 2.19. The average Bonchev–Trinajstić information content (AvgIpc) is 3.60. The van der Waals surface area contributed by atoms with Crippen LogP contribution in [0.15, 0.2) is 63.4 Å². The van der Waals surface area contributed by atoms with E-state index in [1.807, 2.05) is 63.8 Å². The van der Waals surface area contributed by atoms with Gasteiger partial charge in [-0.25, -0.2) is 9.97 Å². The normalized spacial score (nSPS) is 15.0. The molecule has 1 aliphatic carbocycles. The van der Waals surface area contributed by atoms with Gasteiger partial charge in [-0.1, -0.05) is 59.4 Å². The van der Waals surface area contributed by atoms with Crippen LogP contribution in [0.4, 0.5) is 17.5 Å². The van der Waals surface area contributed by atoms with Gasteiger partial charge in [0.05, 0.1) is 24.3 Å². The Morgan fingerprint density at radius 2 is 1.74 bits per heavy atom. The molecule has 9 nitrogen and oxygen atoms in total. The van der Waals surface area contributed by atoms with Crippen molar-refractivity contribution in [2.75, 3.05) is 36.5 Å². The van der Waals surface area contributed by atoms with Gasteiger partial charge in [-0.2, -0.15) is 0 Å². The molecule has 2 aromatic heterocycles. The molecule has 0 radical (unpaired) electrons. The van der Waals surface area contributed by atoms with Gasteiger partial charge in [0.1, 0.15) is 11.3 Å². The van der Waals surface area contributed by atoms with Gasteiger partial charge < -0.3 is 24.5 Å². The predicted octanol–water partition coefficient (Wildman–Crippen LogP) is 8.45. The van der Waals surface area contributed by atoms with Crippen molar-refractivity contribution in [2.24, 2.45) is 5.92 Å². The monoisotopic (exact) mass is 640 g/mol. The van der Waals surface area contributed by atoms with Gasteiger partial charge in [0.2, 0.25) is 5.95 Å². The van der Waals surface area contributed by atoms with Gasteiger partial charge in [0.25, 0.3) is 0 Å². The number of carbonyl (C=O) groups is 1. The van der Waals surface area contributed by atoms with Crippen LogP contribution in [0, 0.1) is 12.8 Å². The van der Waals surface area contributed by atoms with Gasteiger partial charge in [0.15, 0.2) is 17.1 Å². The minimum absolute atomic E-state index is 0.0675. The number of allylic oxidation sites excluding steroid dienone is 1. The van der Waals surface area contributed by atoms with Gasteiger partial charge in [0, 0.05) is 42.7 Å². The van der Waals surface area contributed by atoms with Crippen molar-refractivity contribution in [1.82, 2.24) is 9.97 Å². The van der Waals surface area contributed by atoms with E-state index in [0.717, 1.165) is 34.4 Å². The number of ketones is 1. The summed E-state index contributed by atoms with van der Waals surface area (Å²) >= 11 is 0. The number of aromatic nitrogens is 2. The molecular weight excluding hydrogens is 592 g/mol. The number of hydrogen-bond donors (Lipinski definition) is 2.